The molecule has 0 unspecified atom stereocenters. The van der Waals surface area contributed by atoms with Crippen molar-refractivity contribution in [2.45, 2.75) is 38.3 Å². The Morgan fingerprint density at radius 3 is 2.96 bits per heavy atom. The van der Waals surface area contributed by atoms with Gasteiger partial charge in [-0.3, -0.25) is 4.79 Å². The lowest BCUT2D eigenvalue weighted by Gasteiger charge is -2.30. The van der Waals surface area contributed by atoms with E-state index >= 15 is 0 Å². The molecule has 0 aliphatic carbocycles. The molecule has 2 aliphatic heterocycles. The summed E-state index contributed by atoms with van der Waals surface area (Å²) in [6.07, 6.45) is 1.79. The molecule has 126 valence electrons. The zero-order valence-corrected chi connectivity index (χ0v) is 13.5. The highest BCUT2D eigenvalue weighted by molar-refractivity contribution is 5.82. The Balaban J connectivity index is 1.51. The van der Waals surface area contributed by atoms with E-state index in [4.69, 9.17) is 14.0 Å². The van der Waals surface area contributed by atoms with Gasteiger partial charge in [0.15, 0.2) is 17.3 Å². The molecule has 0 saturated carbocycles. The second kappa shape index (κ2) is 6.14. The van der Waals surface area contributed by atoms with Gasteiger partial charge in [0.05, 0.1) is 6.04 Å². The minimum Gasteiger partial charge on any atom is -0.485 e. The van der Waals surface area contributed by atoms with Gasteiger partial charge in [-0.25, -0.2) is 0 Å². The number of amides is 1. The highest BCUT2D eigenvalue weighted by Gasteiger charge is 2.39. The first-order chi connectivity index (χ1) is 11.8. The second-order valence-corrected chi connectivity index (χ2v) is 5.95. The summed E-state index contributed by atoms with van der Waals surface area (Å²) in [6, 6.07) is 7.23. The molecule has 3 heterocycles. The van der Waals surface area contributed by atoms with Crippen LogP contribution < -0.4 is 9.47 Å². The van der Waals surface area contributed by atoms with Crippen LogP contribution in [0, 0.1) is 0 Å². The molecule has 4 rings (SSSR count). The van der Waals surface area contributed by atoms with Crippen LogP contribution in [0.5, 0.6) is 11.5 Å². The number of fused-ring (bicyclic) bond motifs is 1. The van der Waals surface area contributed by atoms with Gasteiger partial charge in [0.1, 0.15) is 6.61 Å². The van der Waals surface area contributed by atoms with Gasteiger partial charge in [0, 0.05) is 13.0 Å². The third kappa shape index (κ3) is 2.60. The highest BCUT2D eigenvalue weighted by atomic mass is 16.6. The van der Waals surface area contributed by atoms with Gasteiger partial charge in [-0.2, -0.15) is 4.98 Å². The first-order valence-corrected chi connectivity index (χ1v) is 8.27. The lowest BCUT2D eigenvalue weighted by atomic mass is 10.2. The number of rotatable bonds is 3. The Hall–Kier alpha value is -2.57. The van der Waals surface area contributed by atoms with Gasteiger partial charge in [0.25, 0.3) is 5.91 Å². The van der Waals surface area contributed by atoms with E-state index in [0.29, 0.717) is 36.2 Å². The molecule has 2 aromatic rings. The summed E-state index contributed by atoms with van der Waals surface area (Å²) >= 11 is 0. The number of carbonyl (C=O) groups is 1. The summed E-state index contributed by atoms with van der Waals surface area (Å²) in [7, 11) is 0. The number of ether oxygens (including phenoxy) is 2. The first kappa shape index (κ1) is 15.0. The van der Waals surface area contributed by atoms with E-state index in [1.165, 1.54) is 0 Å². The van der Waals surface area contributed by atoms with Crippen LogP contribution in [0.25, 0.3) is 0 Å². The normalized spacial score (nSPS) is 22.6. The van der Waals surface area contributed by atoms with Crippen molar-refractivity contribution in [1.29, 1.82) is 0 Å². The zero-order chi connectivity index (χ0) is 16.5. The second-order valence-electron chi connectivity index (χ2n) is 5.95. The third-order valence-electron chi connectivity index (χ3n) is 4.40. The molecule has 0 spiro atoms. The number of likely N-dealkylation sites (tertiary alicyclic amines) is 1. The van der Waals surface area contributed by atoms with Gasteiger partial charge < -0.3 is 18.9 Å². The van der Waals surface area contributed by atoms with Gasteiger partial charge in [-0.05, 0) is 25.0 Å². The quantitative estimate of drug-likeness (QED) is 0.858. The summed E-state index contributed by atoms with van der Waals surface area (Å²) < 4.78 is 16.7. The van der Waals surface area contributed by atoms with Crippen molar-refractivity contribution in [3.8, 4) is 11.5 Å². The predicted molar refractivity (Wildman–Crippen MR) is 83.7 cm³/mol. The predicted octanol–water partition coefficient (Wildman–Crippen LogP) is 2.14. The van der Waals surface area contributed by atoms with Gasteiger partial charge in [0.2, 0.25) is 12.0 Å². The molecule has 1 aromatic heterocycles. The van der Waals surface area contributed by atoms with E-state index in [-0.39, 0.29) is 18.6 Å². The molecule has 1 aromatic carbocycles. The molecular weight excluding hydrogens is 310 g/mol. The first-order valence-electron chi connectivity index (χ1n) is 8.27. The average Bonchev–Trinajstić information content (AvgIpc) is 3.29. The van der Waals surface area contributed by atoms with Crippen LogP contribution in [0.4, 0.5) is 0 Å². The molecule has 0 bridgehead atoms. The van der Waals surface area contributed by atoms with Crippen LogP contribution in [-0.4, -0.2) is 40.2 Å². The van der Waals surface area contributed by atoms with Gasteiger partial charge in [-0.1, -0.05) is 24.2 Å². The van der Waals surface area contributed by atoms with E-state index in [2.05, 4.69) is 10.1 Å². The van der Waals surface area contributed by atoms with Crippen molar-refractivity contribution < 1.29 is 18.8 Å². The van der Waals surface area contributed by atoms with Crippen LogP contribution in [0.1, 0.15) is 37.5 Å². The fraction of sp³-hybridized carbons (Fsp3) is 0.471. The van der Waals surface area contributed by atoms with Gasteiger partial charge in [-0.15, -0.1) is 0 Å². The number of para-hydroxylation sites is 2. The minimum absolute atomic E-state index is 0.0881. The Kier molecular flexibility index (Phi) is 3.84. The highest BCUT2D eigenvalue weighted by Crippen LogP contribution is 2.34. The average molecular weight is 329 g/mol. The maximum Gasteiger partial charge on any atom is 0.267 e. The SMILES string of the molecule is CCc1nc([C@H]2CCCN2C(=O)[C@H]2COc3ccccc3O2)no1. The lowest BCUT2D eigenvalue weighted by molar-refractivity contribution is -0.142. The molecule has 0 radical (unpaired) electrons. The van der Waals surface area contributed by atoms with Crippen LogP contribution in [0.2, 0.25) is 0 Å². The zero-order valence-electron chi connectivity index (χ0n) is 13.5. The number of aromatic nitrogens is 2. The number of hydrogen-bond donors (Lipinski definition) is 0. The number of aryl methyl sites for hydroxylation is 1. The maximum atomic E-state index is 12.9. The maximum absolute atomic E-state index is 12.9. The Morgan fingerprint density at radius 1 is 1.33 bits per heavy atom. The van der Waals surface area contributed by atoms with Crippen LogP contribution >= 0.6 is 0 Å². The lowest BCUT2D eigenvalue weighted by Crippen LogP contribution is -2.46. The molecule has 1 saturated heterocycles. The van der Waals surface area contributed by atoms with E-state index in [9.17, 15) is 4.79 Å². The summed E-state index contributed by atoms with van der Waals surface area (Å²) in [5, 5.41) is 4.03. The number of carbonyl (C=O) groups excluding carboxylic acids is 1. The Bertz CT molecular complexity index is 745. The molecular formula is C17H19N3O4. The van der Waals surface area contributed by atoms with Crippen molar-refractivity contribution in [2.24, 2.45) is 0 Å². The number of nitrogens with zero attached hydrogens (tertiary/aromatic N) is 3. The fourth-order valence-electron chi connectivity index (χ4n) is 3.17. The Labute approximate surface area is 139 Å². The number of benzene rings is 1. The van der Waals surface area contributed by atoms with E-state index in [0.717, 1.165) is 12.8 Å². The molecule has 24 heavy (non-hydrogen) atoms. The van der Waals surface area contributed by atoms with Crippen molar-refractivity contribution in [1.82, 2.24) is 15.0 Å². The molecule has 1 fully saturated rings. The summed E-state index contributed by atoms with van der Waals surface area (Å²) in [4.78, 5) is 19.1. The largest absolute Gasteiger partial charge is 0.485 e. The summed E-state index contributed by atoms with van der Waals surface area (Å²) in [5.41, 5.74) is 0. The third-order valence-corrected chi connectivity index (χ3v) is 4.40. The van der Waals surface area contributed by atoms with Crippen molar-refractivity contribution in [3.05, 3.63) is 36.0 Å². The standard InChI is InChI=1S/C17H19N3O4/c1-2-15-18-16(19-24-15)11-6-5-9-20(11)17(21)14-10-22-12-7-3-4-8-13(12)23-14/h3-4,7-8,11,14H,2,5-6,9-10H2,1H3/t11-,14-/m1/s1. The van der Waals surface area contributed by atoms with Gasteiger partial charge >= 0.3 is 0 Å². The minimum atomic E-state index is -0.641. The molecule has 1 amide bonds. The smallest absolute Gasteiger partial charge is 0.267 e. The molecule has 2 aliphatic rings. The van der Waals surface area contributed by atoms with Crippen LogP contribution in [-0.2, 0) is 11.2 Å². The molecule has 2 atom stereocenters. The van der Waals surface area contributed by atoms with E-state index < -0.39 is 6.10 Å². The van der Waals surface area contributed by atoms with Crippen molar-refractivity contribution in [3.63, 3.8) is 0 Å². The monoisotopic (exact) mass is 329 g/mol. The molecule has 7 nitrogen and oxygen atoms in total. The van der Waals surface area contributed by atoms with Crippen molar-refractivity contribution >= 4 is 5.91 Å². The van der Waals surface area contributed by atoms with Crippen LogP contribution in [0.3, 0.4) is 0 Å². The van der Waals surface area contributed by atoms with E-state index in [1.54, 1.807) is 4.90 Å². The summed E-state index contributed by atoms with van der Waals surface area (Å²) in [5.74, 6) is 2.36. The van der Waals surface area contributed by atoms with Crippen LogP contribution in [0.15, 0.2) is 28.8 Å². The fourth-order valence-corrected chi connectivity index (χ4v) is 3.17. The van der Waals surface area contributed by atoms with E-state index in [1.807, 2.05) is 31.2 Å². The topological polar surface area (TPSA) is 77.7 Å². The molecule has 0 N–H and O–H groups in total. The summed E-state index contributed by atoms with van der Waals surface area (Å²) in [6.45, 7) is 2.84. The number of hydrogen-bond acceptors (Lipinski definition) is 6. The molecule has 7 heteroatoms. The van der Waals surface area contributed by atoms with Crippen molar-refractivity contribution in [2.75, 3.05) is 13.2 Å². The Morgan fingerprint density at radius 2 is 2.17 bits per heavy atom.